The van der Waals surface area contributed by atoms with Crippen molar-refractivity contribution in [1.82, 2.24) is 15.1 Å². The molecule has 0 aliphatic heterocycles. The molecule has 0 radical (unpaired) electrons. The second kappa shape index (κ2) is 5.68. The van der Waals surface area contributed by atoms with E-state index in [-0.39, 0.29) is 5.82 Å². The quantitative estimate of drug-likeness (QED) is 0.709. The summed E-state index contributed by atoms with van der Waals surface area (Å²) in [7, 11) is 0. The molecular formula is C14H12N4O4. The third-order valence-electron chi connectivity index (χ3n) is 2.89. The number of H-pyrrole nitrogens is 1. The number of ether oxygens (including phenoxy) is 1. The number of anilines is 1. The fourth-order valence-electron chi connectivity index (χ4n) is 1.88. The Morgan fingerprint density at radius 2 is 2.23 bits per heavy atom. The summed E-state index contributed by atoms with van der Waals surface area (Å²) >= 11 is 0. The van der Waals surface area contributed by atoms with E-state index in [1.807, 2.05) is 0 Å². The number of fused-ring (bicyclic) bond motifs is 1. The first-order valence-electron chi connectivity index (χ1n) is 6.45. The zero-order valence-corrected chi connectivity index (χ0v) is 11.6. The molecule has 22 heavy (non-hydrogen) atoms. The van der Waals surface area contributed by atoms with Crippen molar-refractivity contribution in [2.24, 2.45) is 0 Å². The maximum Gasteiger partial charge on any atom is 0.338 e. The molecule has 1 aromatic carbocycles. The van der Waals surface area contributed by atoms with Crippen molar-refractivity contribution in [3.05, 3.63) is 41.9 Å². The van der Waals surface area contributed by atoms with E-state index in [0.29, 0.717) is 11.3 Å². The van der Waals surface area contributed by atoms with E-state index in [1.165, 1.54) is 6.33 Å². The number of aromatic amines is 1. The summed E-state index contributed by atoms with van der Waals surface area (Å²) in [5.41, 5.74) is 1.80. The number of benzene rings is 1. The molecule has 0 fully saturated rings. The number of imidazole rings is 1. The molecule has 0 atom stereocenters. The topological polar surface area (TPSA) is 110 Å². The van der Waals surface area contributed by atoms with Gasteiger partial charge in [-0.2, -0.15) is 0 Å². The van der Waals surface area contributed by atoms with E-state index in [2.05, 4.69) is 20.4 Å². The molecule has 0 saturated carbocycles. The Kier molecular flexibility index (Phi) is 3.57. The van der Waals surface area contributed by atoms with Crippen molar-refractivity contribution in [2.45, 2.75) is 6.92 Å². The Morgan fingerprint density at radius 1 is 1.36 bits per heavy atom. The minimum Gasteiger partial charge on any atom is -0.452 e. The summed E-state index contributed by atoms with van der Waals surface area (Å²) in [6.07, 6.45) is 1.53. The highest BCUT2D eigenvalue weighted by atomic mass is 16.5. The van der Waals surface area contributed by atoms with Crippen molar-refractivity contribution < 1.29 is 18.8 Å². The van der Waals surface area contributed by atoms with E-state index in [4.69, 9.17) is 9.26 Å². The zero-order chi connectivity index (χ0) is 15.5. The Morgan fingerprint density at radius 3 is 3.00 bits per heavy atom. The number of amides is 1. The van der Waals surface area contributed by atoms with Crippen LogP contribution in [0.5, 0.6) is 0 Å². The standard InChI is InChI=1S/C14H12N4O4/c1-8-4-12(18-22-8)17-13(19)6-21-14(20)9-2-3-10-11(5-9)16-7-15-10/h2-5,7H,6H2,1H3,(H,15,16)(H,17,18,19). The molecule has 2 aromatic heterocycles. The summed E-state index contributed by atoms with van der Waals surface area (Å²) in [5.74, 6) is -0.246. The molecule has 112 valence electrons. The van der Waals surface area contributed by atoms with Crippen molar-refractivity contribution in [3.63, 3.8) is 0 Å². The minimum absolute atomic E-state index is 0.275. The number of esters is 1. The molecule has 3 rings (SSSR count). The number of carbonyl (C=O) groups is 2. The monoisotopic (exact) mass is 300 g/mol. The van der Waals surface area contributed by atoms with Gasteiger partial charge in [-0.1, -0.05) is 5.16 Å². The highest BCUT2D eigenvalue weighted by Gasteiger charge is 2.12. The Hall–Kier alpha value is -3.16. The van der Waals surface area contributed by atoms with Gasteiger partial charge in [-0.15, -0.1) is 0 Å². The number of hydrogen-bond acceptors (Lipinski definition) is 6. The lowest BCUT2D eigenvalue weighted by atomic mass is 10.2. The van der Waals surface area contributed by atoms with E-state index < -0.39 is 18.5 Å². The van der Waals surface area contributed by atoms with Crippen LogP contribution in [0.3, 0.4) is 0 Å². The SMILES string of the molecule is Cc1cc(NC(=O)COC(=O)c2ccc3nc[nH]c3c2)no1. The lowest BCUT2D eigenvalue weighted by molar-refractivity contribution is -0.119. The molecule has 0 saturated heterocycles. The maximum absolute atomic E-state index is 11.9. The van der Waals surface area contributed by atoms with Gasteiger partial charge in [0.05, 0.1) is 22.9 Å². The molecule has 0 aliphatic rings. The molecule has 1 amide bonds. The third kappa shape index (κ3) is 2.95. The van der Waals surface area contributed by atoms with Gasteiger partial charge in [-0.3, -0.25) is 4.79 Å². The molecular weight excluding hydrogens is 288 g/mol. The molecule has 0 aliphatic carbocycles. The van der Waals surface area contributed by atoms with Gasteiger partial charge in [0.1, 0.15) is 5.76 Å². The van der Waals surface area contributed by atoms with Gasteiger partial charge in [0.15, 0.2) is 12.4 Å². The number of nitrogens with one attached hydrogen (secondary N) is 2. The smallest absolute Gasteiger partial charge is 0.338 e. The van der Waals surface area contributed by atoms with Crippen molar-refractivity contribution in [2.75, 3.05) is 11.9 Å². The highest BCUT2D eigenvalue weighted by molar-refractivity contribution is 5.96. The Bertz CT molecular complexity index is 836. The van der Waals surface area contributed by atoms with Crippen LogP contribution in [0.2, 0.25) is 0 Å². The fourth-order valence-corrected chi connectivity index (χ4v) is 1.88. The van der Waals surface area contributed by atoms with Gasteiger partial charge < -0.3 is 19.6 Å². The second-order valence-electron chi connectivity index (χ2n) is 4.58. The second-order valence-corrected chi connectivity index (χ2v) is 4.58. The third-order valence-corrected chi connectivity index (χ3v) is 2.89. The molecule has 0 unspecified atom stereocenters. The minimum atomic E-state index is -0.594. The van der Waals surface area contributed by atoms with Crippen molar-refractivity contribution in [3.8, 4) is 0 Å². The van der Waals surface area contributed by atoms with Crippen LogP contribution in [-0.2, 0) is 9.53 Å². The highest BCUT2D eigenvalue weighted by Crippen LogP contribution is 2.12. The van der Waals surface area contributed by atoms with E-state index in [1.54, 1.807) is 31.2 Å². The number of aryl methyl sites for hydroxylation is 1. The number of rotatable bonds is 4. The summed E-state index contributed by atoms with van der Waals surface area (Å²) < 4.78 is 9.76. The largest absolute Gasteiger partial charge is 0.452 e. The number of hydrogen-bond donors (Lipinski definition) is 2. The lowest BCUT2D eigenvalue weighted by Gasteiger charge is -2.04. The van der Waals surface area contributed by atoms with Gasteiger partial charge >= 0.3 is 5.97 Å². The molecule has 2 N–H and O–H groups in total. The van der Waals surface area contributed by atoms with Crippen LogP contribution in [0, 0.1) is 6.92 Å². The Balaban J connectivity index is 1.58. The van der Waals surface area contributed by atoms with Gasteiger partial charge in [-0.05, 0) is 25.1 Å². The molecule has 0 bridgehead atoms. The number of nitrogens with zero attached hydrogens (tertiary/aromatic N) is 2. The molecule has 8 heteroatoms. The maximum atomic E-state index is 11.9. The van der Waals surface area contributed by atoms with Gasteiger partial charge in [0.2, 0.25) is 0 Å². The summed E-state index contributed by atoms with van der Waals surface area (Å²) in [4.78, 5) is 30.5. The molecule has 8 nitrogen and oxygen atoms in total. The van der Waals surface area contributed by atoms with Crippen LogP contribution in [0.25, 0.3) is 11.0 Å². The molecule has 0 spiro atoms. The van der Waals surface area contributed by atoms with E-state index >= 15 is 0 Å². The molecule has 3 aromatic rings. The summed E-state index contributed by atoms with van der Waals surface area (Å²) in [6.45, 7) is 1.29. The first-order chi connectivity index (χ1) is 10.6. The average molecular weight is 300 g/mol. The van der Waals surface area contributed by atoms with Crippen molar-refractivity contribution in [1.29, 1.82) is 0 Å². The lowest BCUT2D eigenvalue weighted by Crippen LogP contribution is -2.21. The first-order valence-corrected chi connectivity index (χ1v) is 6.45. The van der Waals surface area contributed by atoms with Gasteiger partial charge in [0, 0.05) is 6.07 Å². The van der Waals surface area contributed by atoms with Crippen LogP contribution in [0.15, 0.2) is 35.1 Å². The van der Waals surface area contributed by atoms with Crippen LogP contribution in [0.4, 0.5) is 5.82 Å². The van der Waals surface area contributed by atoms with Gasteiger partial charge in [0.25, 0.3) is 5.91 Å². The Labute approximate surface area is 124 Å². The summed E-state index contributed by atoms with van der Waals surface area (Å²) in [6, 6.07) is 6.46. The van der Waals surface area contributed by atoms with Crippen LogP contribution < -0.4 is 5.32 Å². The fraction of sp³-hybridized carbons (Fsp3) is 0.143. The van der Waals surface area contributed by atoms with Crippen molar-refractivity contribution >= 4 is 28.7 Å². The first kappa shape index (κ1) is 13.8. The van der Waals surface area contributed by atoms with Gasteiger partial charge in [-0.25, -0.2) is 9.78 Å². The van der Waals surface area contributed by atoms with Crippen LogP contribution in [-0.4, -0.2) is 33.6 Å². The van der Waals surface area contributed by atoms with E-state index in [9.17, 15) is 9.59 Å². The van der Waals surface area contributed by atoms with E-state index in [0.717, 1.165) is 11.0 Å². The summed E-state index contributed by atoms with van der Waals surface area (Å²) in [5, 5.41) is 6.07. The van der Waals surface area contributed by atoms with Crippen LogP contribution in [0.1, 0.15) is 16.1 Å². The zero-order valence-electron chi connectivity index (χ0n) is 11.6. The number of aromatic nitrogens is 3. The number of carbonyl (C=O) groups excluding carboxylic acids is 2. The predicted octanol–water partition coefficient (Wildman–Crippen LogP) is 1.65. The normalized spacial score (nSPS) is 10.6. The predicted molar refractivity (Wildman–Crippen MR) is 76.2 cm³/mol. The molecule has 2 heterocycles. The van der Waals surface area contributed by atoms with Crippen LogP contribution >= 0.6 is 0 Å². The average Bonchev–Trinajstić information content (AvgIpc) is 3.12.